The third kappa shape index (κ3) is 3.05. The summed E-state index contributed by atoms with van der Waals surface area (Å²) >= 11 is 0. The summed E-state index contributed by atoms with van der Waals surface area (Å²) < 4.78 is 0. The van der Waals surface area contributed by atoms with Gasteiger partial charge >= 0.3 is 0 Å². The van der Waals surface area contributed by atoms with Gasteiger partial charge in [0.2, 0.25) is 11.6 Å². The van der Waals surface area contributed by atoms with Gasteiger partial charge in [0.25, 0.3) is 0 Å². The third-order valence-corrected chi connectivity index (χ3v) is 4.29. The van der Waals surface area contributed by atoms with Gasteiger partial charge in [0, 0.05) is 18.2 Å². The molecule has 4 rings (SSSR count). The van der Waals surface area contributed by atoms with Crippen molar-refractivity contribution < 1.29 is 9.59 Å². The van der Waals surface area contributed by atoms with Crippen LogP contribution in [0.15, 0.2) is 84.6 Å². The molecule has 1 heterocycles. The first-order chi connectivity index (χ1) is 12.7. The van der Waals surface area contributed by atoms with Gasteiger partial charge in [-0.25, -0.2) is 4.98 Å². The van der Waals surface area contributed by atoms with E-state index >= 15 is 0 Å². The van der Waals surface area contributed by atoms with E-state index in [0.717, 1.165) is 11.1 Å². The Morgan fingerprint density at radius 1 is 0.808 bits per heavy atom. The zero-order valence-corrected chi connectivity index (χ0v) is 14.0. The summed E-state index contributed by atoms with van der Waals surface area (Å²) in [6.45, 7) is 0.483. The number of Topliss-reactive ketones (excluding diaryl/α,β-unsaturated/α-hetero) is 1. The standard InChI is InChI=1S/C22H16N2O2/c25-20-13-19(23-14-15-7-3-1-4-8-15)22(26)17-11-12-18(24-21(17)20)16-9-5-2-6-10-16/h1-13,23H,14H2. The van der Waals surface area contributed by atoms with E-state index in [9.17, 15) is 9.59 Å². The maximum Gasteiger partial charge on any atom is 0.211 e. The molecule has 0 saturated carbocycles. The monoisotopic (exact) mass is 340 g/mol. The van der Waals surface area contributed by atoms with Crippen LogP contribution in [0.1, 0.15) is 26.4 Å². The minimum atomic E-state index is -0.257. The van der Waals surface area contributed by atoms with Crippen LogP contribution >= 0.6 is 0 Å². The zero-order chi connectivity index (χ0) is 17.9. The van der Waals surface area contributed by atoms with E-state index in [0.29, 0.717) is 23.5 Å². The Morgan fingerprint density at radius 2 is 1.50 bits per heavy atom. The third-order valence-electron chi connectivity index (χ3n) is 4.29. The van der Waals surface area contributed by atoms with Crippen molar-refractivity contribution >= 4 is 11.6 Å². The van der Waals surface area contributed by atoms with E-state index < -0.39 is 0 Å². The molecule has 1 aliphatic rings. The molecule has 0 spiro atoms. The molecule has 26 heavy (non-hydrogen) atoms. The number of rotatable bonds is 4. The molecule has 0 radical (unpaired) electrons. The van der Waals surface area contributed by atoms with Crippen molar-refractivity contribution in [3.8, 4) is 11.3 Å². The normalized spacial score (nSPS) is 13.2. The number of hydrogen-bond donors (Lipinski definition) is 1. The molecule has 0 unspecified atom stereocenters. The van der Waals surface area contributed by atoms with Gasteiger partial charge in [-0.1, -0.05) is 60.7 Å². The molecule has 0 fully saturated rings. The molecule has 1 N–H and O–H groups in total. The van der Waals surface area contributed by atoms with E-state index in [1.54, 1.807) is 12.1 Å². The molecular weight excluding hydrogens is 324 g/mol. The van der Waals surface area contributed by atoms with E-state index in [1.807, 2.05) is 60.7 Å². The van der Waals surface area contributed by atoms with Crippen LogP contribution in [-0.4, -0.2) is 16.6 Å². The van der Waals surface area contributed by atoms with Crippen molar-refractivity contribution in [2.24, 2.45) is 0 Å². The summed E-state index contributed by atoms with van der Waals surface area (Å²) in [6, 6.07) is 22.8. The molecule has 3 aromatic rings. The average Bonchev–Trinajstić information content (AvgIpc) is 2.71. The number of allylic oxidation sites excluding steroid dienone is 2. The highest BCUT2D eigenvalue weighted by Gasteiger charge is 2.27. The molecule has 0 saturated heterocycles. The first kappa shape index (κ1) is 16.0. The summed E-state index contributed by atoms with van der Waals surface area (Å²) in [7, 11) is 0. The van der Waals surface area contributed by atoms with Crippen LogP contribution in [0.25, 0.3) is 11.3 Å². The van der Waals surface area contributed by atoms with Crippen LogP contribution < -0.4 is 5.32 Å². The molecule has 4 heteroatoms. The summed E-state index contributed by atoms with van der Waals surface area (Å²) in [5.41, 5.74) is 3.49. The van der Waals surface area contributed by atoms with Gasteiger partial charge in [-0.2, -0.15) is 0 Å². The highest BCUT2D eigenvalue weighted by molar-refractivity contribution is 6.23. The fourth-order valence-electron chi connectivity index (χ4n) is 2.93. The molecular formula is C22H16N2O2. The first-order valence-electron chi connectivity index (χ1n) is 8.37. The molecule has 0 aliphatic heterocycles. The van der Waals surface area contributed by atoms with Crippen molar-refractivity contribution in [2.75, 3.05) is 0 Å². The maximum absolute atomic E-state index is 12.7. The van der Waals surface area contributed by atoms with E-state index in [2.05, 4.69) is 10.3 Å². The fraction of sp³-hybridized carbons (Fsp3) is 0.0455. The Kier molecular flexibility index (Phi) is 4.15. The second-order valence-electron chi connectivity index (χ2n) is 6.05. The Balaban J connectivity index is 1.61. The molecule has 2 aromatic carbocycles. The molecule has 126 valence electrons. The lowest BCUT2D eigenvalue weighted by atomic mass is 9.95. The van der Waals surface area contributed by atoms with Crippen molar-refractivity contribution in [1.29, 1.82) is 0 Å². The summed E-state index contributed by atoms with van der Waals surface area (Å²) in [5.74, 6) is -0.462. The Morgan fingerprint density at radius 3 is 2.23 bits per heavy atom. The number of nitrogens with zero attached hydrogens (tertiary/aromatic N) is 1. The van der Waals surface area contributed by atoms with Crippen LogP contribution in [0.4, 0.5) is 0 Å². The van der Waals surface area contributed by atoms with Gasteiger partial charge in [-0.05, 0) is 17.7 Å². The van der Waals surface area contributed by atoms with Crippen LogP contribution in [0.5, 0.6) is 0 Å². The maximum atomic E-state index is 12.7. The van der Waals surface area contributed by atoms with Gasteiger partial charge in [0.1, 0.15) is 5.69 Å². The lowest BCUT2D eigenvalue weighted by molar-refractivity contribution is 0.0975. The first-order valence-corrected chi connectivity index (χ1v) is 8.37. The van der Waals surface area contributed by atoms with Crippen molar-refractivity contribution in [3.63, 3.8) is 0 Å². The molecule has 0 atom stereocenters. The lowest BCUT2D eigenvalue weighted by Crippen LogP contribution is -2.27. The van der Waals surface area contributed by atoms with E-state index in [-0.39, 0.29) is 17.3 Å². The fourth-order valence-corrected chi connectivity index (χ4v) is 2.93. The zero-order valence-electron chi connectivity index (χ0n) is 14.0. The number of carbonyl (C=O) groups is 2. The number of hydrogen-bond acceptors (Lipinski definition) is 4. The van der Waals surface area contributed by atoms with Gasteiger partial charge in [0.15, 0.2) is 0 Å². The highest BCUT2D eigenvalue weighted by Crippen LogP contribution is 2.24. The predicted molar refractivity (Wildman–Crippen MR) is 99.7 cm³/mol. The van der Waals surface area contributed by atoms with Gasteiger partial charge in [-0.15, -0.1) is 0 Å². The van der Waals surface area contributed by atoms with Crippen molar-refractivity contribution in [3.05, 3.63) is 101 Å². The number of fused-ring (bicyclic) bond motifs is 1. The smallest absolute Gasteiger partial charge is 0.211 e. The molecule has 1 aromatic heterocycles. The van der Waals surface area contributed by atoms with E-state index in [1.165, 1.54) is 6.08 Å². The Labute approximate surface area is 151 Å². The Bertz CT molecular complexity index is 1010. The lowest BCUT2D eigenvalue weighted by Gasteiger charge is -2.17. The van der Waals surface area contributed by atoms with Crippen LogP contribution in [-0.2, 0) is 6.54 Å². The molecule has 0 bridgehead atoms. The number of ketones is 2. The highest BCUT2D eigenvalue weighted by atomic mass is 16.1. The summed E-state index contributed by atoms with van der Waals surface area (Å²) in [6.07, 6.45) is 1.34. The average molecular weight is 340 g/mol. The van der Waals surface area contributed by atoms with Crippen molar-refractivity contribution in [1.82, 2.24) is 10.3 Å². The minimum absolute atomic E-state index is 0.206. The predicted octanol–water partition coefficient (Wildman–Crippen LogP) is 3.80. The SMILES string of the molecule is O=C1C(NCc2ccccc2)=CC(=O)c2nc(-c3ccccc3)ccc21. The summed E-state index contributed by atoms with van der Waals surface area (Å²) in [4.78, 5) is 29.6. The van der Waals surface area contributed by atoms with Crippen LogP contribution in [0.3, 0.4) is 0 Å². The van der Waals surface area contributed by atoms with Crippen LogP contribution in [0.2, 0.25) is 0 Å². The number of carbonyl (C=O) groups excluding carboxylic acids is 2. The van der Waals surface area contributed by atoms with Crippen molar-refractivity contribution in [2.45, 2.75) is 6.54 Å². The molecule has 4 nitrogen and oxygen atoms in total. The van der Waals surface area contributed by atoms with E-state index in [4.69, 9.17) is 0 Å². The number of benzene rings is 2. The number of pyridine rings is 1. The van der Waals surface area contributed by atoms with Gasteiger partial charge in [0.05, 0.1) is 17.0 Å². The second-order valence-corrected chi connectivity index (χ2v) is 6.05. The summed E-state index contributed by atoms with van der Waals surface area (Å²) in [5, 5.41) is 3.07. The minimum Gasteiger partial charge on any atom is -0.378 e. The van der Waals surface area contributed by atoms with Gasteiger partial charge < -0.3 is 5.32 Å². The van der Waals surface area contributed by atoms with Gasteiger partial charge in [-0.3, -0.25) is 9.59 Å². The quantitative estimate of drug-likeness (QED) is 0.785. The molecule has 0 amide bonds. The Hall–Kier alpha value is -3.53. The topological polar surface area (TPSA) is 59.1 Å². The second kappa shape index (κ2) is 6.76. The largest absolute Gasteiger partial charge is 0.378 e. The molecule has 1 aliphatic carbocycles. The number of nitrogens with one attached hydrogen (secondary N) is 1. The van der Waals surface area contributed by atoms with Crippen LogP contribution in [0, 0.1) is 0 Å². The number of aromatic nitrogens is 1.